The molecule has 0 unspecified atom stereocenters. The van der Waals surface area contributed by atoms with Gasteiger partial charge in [0.05, 0.1) is 24.6 Å². The SMILES string of the molecule is C[C@@H]1CO[C@H](c2ccccc2)CN1C(=O)c1cc2ccccc2c(=O)o1. The van der Waals surface area contributed by atoms with Crippen LogP contribution < -0.4 is 5.63 Å². The van der Waals surface area contributed by atoms with Crippen LogP contribution in [0.5, 0.6) is 0 Å². The maximum absolute atomic E-state index is 13.0. The van der Waals surface area contributed by atoms with Crippen molar-refractivity contribution in [2.45, 2.75) is 19.1 Å². The molecule has 5 nitrogen and oxygen atoms in total. The van der Waals surface area contributed by atoms with Crippen LogP contribution in [0.4, 0.5) is 0 Å². The number of amides is 1. The summed E-state index contributed by atoms with van der Waals surface area (Å²) >= 11 is 0. The third-order valence-corrected chi connectivity index (χ3v) is 4.75. The first-order chi connectivity index (χ1) is 12.6. The molecule has 0 spiro atoms. The van der Waals surface area contributed by atoms with Crippen LogP contribution in [-0.2, 0) is 4.74 Å². The molecular weight excluding hydrogens is 330 g/mol. The van der Waals surface area contributed by atoms with E-state index in [9.17, 15) is 9.59 Å². The molecule has 0 aliphatic carbocycles. The maximum atomic E-state index is 13.0. The smallest absolute Gasteiger partial charge is 0.344 e. The van der Waals surface area contributed by atoms with Crippen LogP contribution in [0.3, 0.4) is 0 Å². The standard InChI is InChI=1S/C21H19NO4/c1-14-13-25-19(15-7-3-2-4-8-15)12-22(14)20(23)18-11-16-9-5-6-10-17(16)21(24)26-18/h2-11,14,19H,12-13H2,1H3/t14-,19+/m1/s1. The van der Waals surface area contributed by atoms with E-state index < -0.39 is 5.63 Å². The highest BCUT2D eigenvalue weighted by Gasteiger charge is 2.32. The molecule has 0 radical (unpaired) electrons. The monoisotopic (exact) mass is 349 g/mol. The Balaban J connectivity index is 1.65. The van der Waals surface area contributed by atoms with E-state index in [4.69, 9.17) is 9.15 Å². The Labute approximate surface area is 150 Å². The fourth-order valence-corrected chi connectivity index (χ4v) is 3.29. The number of rotatable bonds is 2. The van der Waals surface area contributed by atoms with E-state index in [0.717, 1.165) is 5.56 Å². The quantitative estimate of drug-likeness (QED) is 0.711. The summed E-state index contributed by atoms with van der Waals surface area (Å²) in [6.45, 7) is 2.78. The number of nitrogens with zero attached hydrogens (tertiary/aromatic N) is 1. The average molecular weight is 349 g/mol. The minimum absolute atomic E-state index is 0.0641. The van der Waals surface area contributed by atoms with Crippen molar-refractivity contribution in [2.24, 2.45) is 0 Å². The molecule has 0 N–H and O–H groups in total. The van der Waals surface area contributed by atoms with Gasteiger partial charge >= 0.3 is 5.63 Å². The van der Waals surface area contributed by atoms with E-state index in [1.807, 2.05) is 43.3 Å². The Morgan fingerprint density at radius 2 is 1.81 bits per heavy atom. The molecule has 3 aromatic rings. The summed E-state index contributed by atoms with van der Waals surface area (Å²) in [5, 5.41) is 1.17. The number of benzene rings is 2. The molecule has 2 heterocycles. The van der Waals surface area contributed by atoms with Crippen LogP contribution in [0.2, 0.25) is 0 Å². The first-order valence-corrected chi connectivity index (χ1v) is 8.64. The molecular formula is C21H19NO4. The van der Waals surface area contributed by atoms with Crippen molar-refractivity contribution in [3.63, 3.8) is 0 Å². The molecule has 26 heavy (non-hydrogen) atoms. The third-order valence-electron chi connectivity index (χ3n) is 4.75. The second kappa shape index (κ2) is 6.77. The lowest BCUT2D eigenvalue weighted by Crippen LogP contribution is -2.48. The van der Waals surface area contributed by atoms with E-state index in [1.165, 1.54) is 0 Å². The largest absolute Gasteiger partial charge is 0.417 e. The van der Waals surface area contributed by atoms with Gasteiger partial charge in [0.1, 0.15) is 6.10 Å². The number of hydrogen-bond acceptors (Lipinski definition) is 4. The first-order valence-electron chi connectivity index (χ1n) is 8.64. The number of morpholine rings is 1. The molecule has 1 fully saturated rings. The first kappa shape index (κ1) is 16.5. The van der Waals surface area contributed by atoms with Crippen LogP contribution in [-0.4, -0.2) is 30.0 Å². The van der Waals surface area contributed by atoms with Crippen LogP contribution in [0, 0.1) is 0 Å². The van der Waals surface area contributed by atoms with Crippen LogP contribution in [0.1, 0.15) is 29.1 Å². The van der Waals surface area contributed by atoms with Gasteiger partial charge in [-0.1, -0.05) is 48.5 Å². The van der Waals surface area contributed by atoms with E-state index in [1.54, 1.807) is 29.2 Å². The van der Waals surface area contributed by atoms with Crippen LogP contribution in [0.25, 0.3) is 10.8 Å². The van der Waals surface area contributed by atoms with Crippen molar-refractivity contribution in [3.05, 3.63) is 82.4 Å². The van der Waals surface area contributed by atoms with Gasteiger partial charge in [0.15, 0.2) is 5.76 Å². The van der Waals surface area contributed by atoms with E-state index >= 15 is 0 Å². The molecule has 1 amide bonds. The summed E-state index contributed by atoms with van der Waals surface area (Å²) in [7, 11) is 0. The summed E-state index contributed by atoms with van der Waals surface area (Å²) < 4.78 is 11.2. The van der Waals surface area contributed by atoms with Gasteiger partial charge in [-0.25, -0.2) is 4.79 Å². The Kier molecular flexibility index (Phi) is 4.31. The Hall–Kier alpha value is -2.92. The van der Waals surface area contributed by atoms with Crippen molar-refractivity contribution in [2.75, 3.05) is 13.2 Å². The summed E-state index contributed by atoms with van der Waals surface area (Å²) in [6, 6.07) is 18.5. The van der Waals surface area contributed by atoms with E-state index in [2.05, 4.69) is 0 Å². The molecule has 1 saturated heterocycles. The Morgan fingerprint density at radius 1 is 1.08 bits per heavy atom. The Morgan fingerprint density at radius 3 is 2.62 bits per heavy atom. The van der Waals surface area contributed by atoms with Crippen molar-refractivity contribution < 1.29 is 13.9 Å². The highest BCUT2D eigenvalue weighted by atomic mass is 16.5. The Bertz CT molecular complexity index is 996. The van der Waals surface area contributed by atoms with Gasteiger partial charge in [-0.15, -0.1) is 0 Å². The van der Waals surface area contributed by atoms with Gasteiger partial charge in [-0.05, 0) is 30.0 Å². The fraction of sp³-hybridized carbons (Fsp3) is 0.238. The lowest BCUT2D eigenvalue weighted by Gasteiger charge is -2.37. The van der Waals surface area contributed by atoms with Crippen LogP contribution in [0.15, 0.2) is 69.9 Å². The fourth-order valence-electron chi connectivity index (χ4n) is 3.29. The molecule has 2 aromatic carbocycles. The molecule has 1 aliphatic rings. The minimum Gasteiger partial charge on any atom is -0.417 e. The van der Waals surface area contributed by atoms with E-state index in [0.29, 0.717) is 23.9 Å². The lowest BCUT2D eigenvalue weighted by atomic mass is 10.1. The zero-order valence-electron chi connectivity index (χ0n) is 14.4. The highest BCUT2D eigenvalue weighted by Crippen LogP contribution is 2.26. The zero-order valence-corrected chi connectivity index (χ0v) is 14.4. The molecule has 0 saturated carbocycles. The summed E-state index contributed by atoms with van der Waals surface area (Å²) in [4.78, 5) is 26.9. The molecule has 0 bridgehead atoms. The zero-order chi connectivity index (χ0) is 18.1. The van der Waals surface area contributed by atoms with Gasteiger partial charge in [0, 0.05) is 0 Å². The van der Waals surface area contributed by atoms with Gasteiger partial charge in [-0.2, -0.15) is 0 Å². The summed E-state index contributed by atoms with van der Waals surface area (Å²) in [5.74, 6) is -0.223. The molecule has 5 heteroatoms. The molecule has 2 atom stereocenters. The number of fused-ring (bicyclic) bond motifs is 1. The predicted octanol–water partition coefficient (Wildman–Crippen LogP) is 3.40. The van der Waals surface area contributed by atoms with Crippen molar-refractivity contribution in [1.82, 2.24) is 4.90 Å². The summed E-state index contributed by atoms with van der Waals surface area (Å²) in [6.07, 6.45) is -0.191. The number of hydrogen-bond donors (Lipinski definition) is 0. The van der Waals surface area contributed by atoms with E-state index in [-0.39, 0.29) is 23.8 Å². The number of carbonyl (C=O) groups is 1. The highest BCUT2D eigenvalue weighted by molar-refractivity contribution is 5.95. The summed E-state index contributed by atoms with van der Waals surface area (Å²) in [5.41, 5.74) is 0.532. The third kappa shape index (κ3) is 3.02. The molecule has 1 aliphatic heterocycles. The predicted molar refractivity (Wildman–Crippen MR) is 98.1 cm³/mol. The van der Waals surface area contributed by atoms with Crippen molar-refractivity contribution >= 4 is 16.7 Å². The van der Waals surface area contributed by atoms with Gasteiger partial charge < -0.3 is 14.1 Å². The molecule has 4 rings (SSSR count). The molecule has 1 aromatic heterocycles. The molecule has 132 valence electrons. The minimum atomic E-state index is -0.494. The van der Waals surface area contributed by atoms with Crippen molar-refractivity contribution in [3.8, 4) is 0 Å². The van der Waals surface area contributed by atoms with Gasteiger partial charge in [0.25, 0.3) is 5.91 Å². The normalized spacial score (nSPS) is 20.3. The topological polar surface area (TPSA) is 59.8 Å². The van der Waals surface area contributed by atoms with Crippen LogP contribution >= 0.6 is 0 Å². The van der Waals surface area contributed by atoms with Gasteiger partial charge in [-0.3, -0.25) is 4.79 Å². The van der Waals surface area contributed by atoms with Crippen molar-refractivity contribution in [1.29, 1.82) is 0 Å². The average Bonchev–Trinajstić information content (AvgIpc) is 2.68. The maximum Gasteiger partial charge on any atom is 0.344 e. The van der Waals surface area contributed by atoms with Gasteiger partial charge in [0.2, 0.25) is 0 Å². The lowest BCUT2D eigenvalue weighted by molar-refractivity contribution is -0.0496. The second-order valence-corrected chi connectivity index (χ2v) is 6.52. The number of carbonyl (C=O) groups excluding carboxylic acids is 1. The number of ether oxygens (including phenoxy) is 1. The second-order valence-electron chi connectivity index (χ2n) is 6.52.